The highest BCUT2D eigenvalue weighted by atomic mass is 79.9. The number of carboxylic acids is 1. The molecule has 0 fully saturated rings. The number of amides is 2. The van der Waals surface area contributed by atoms with Crippen molar-refractivity contribution < 1.29 is 19.8 Å². The summed E-state index contributed by atoms with van der Waals surface area (Å²) in [5, 5.41) is 23.6. The van der Waals surface area contributed by atoms with Gasteiger partial charge in [0.1, 0.15) is 5.56 Å². The average molecular weight is 351 g/mol. The van der Waals surface area contributed by atoms with Crippen LogP contribution in [-0.2, 0) is 0 Å². The number of aromatic carboxylic acids is 1. The van der Waals surface area contributed by atoms with Gasteiger partial charge in [0, 0.05) is 10.2 Å². The van der Waals surface area contributed by atoms with E-state index in [-0.39, 0.29) is 11.3 Å². The maximum absolute atomic E-state index is 11.8. The lowest BCUT2D eigenvalue weighted by Crippen LogP contribution is -2.19. The fourth-order valence-electron chi connectivity index (χ4n) is 1.63. The van der Waals surface area contributed by atoms with E-state index in [1.807, 2.05) is 0 Å². The molecule has 4 N–H and O–H groups in total. The number of halogens is 1. The molecule has 2 aromatic carbocycles. The topological polar surface area (TPSA) is 98.7 Å². The number of hydrogen-bond acceptors (Lipinski definition) is 3. The zero-order chi connectivity index (χ0) is 15.4. The van der Waals surface area contributed by atoms with Gasteiger partial charge in [0.25, 0.3) is 0 Å². The van der Waals surface area contributed by atoms with Crippen LogP contribution in [0.4, 0.5) is 16.2 Å². The van der Waals surface area contributed by atoms with Gasteiger partial charge in [-0.3, -0.25) is 0 Å². The molecule has 0 saturated heterocycles. The van der Waals surface area contributed by atoms with Gasteiger partial charge in [-0.2, -0.15) is 0 Å². The number of rotatable bonds is 3. The van der Waals surface area contributed by atoms with Crippen molar-refractivity contribution in [1.82, 2.24) is 0 Å². The van der Waals surface area contributed by atoms with Crippen LogP contribution in [0.15, 0.2) is 46.9 Å². The zero-order valence-electron chi connectivity index (χ0n) is 10.6. The monoisotopic (exact) mass is 350 g/mol. The van der Waals surface area contributed by atoms with Crippen LogP contribution in [0.3, 0.4) is 0 Å². The third-order valence-electron chi connectivity index (χ3n) is 2.62. The van der Waals surface area contributed by atoms with Gasteiger partial charge < -0.3 is 20.8 Å². The van der Waals surface area contributed by atoms with Gasteiger partial charge in [0.2, 0.25) is 0 Å². The first-order valence-electron chi connectivity index (χ1n) is 5.86. The number of carboxylic acid groups (broad SMARTS) is 1. The SMILES string of the molecule is O=C(Nc1ccc(Br)cc1)Nc1cccc(C(=O)O)c1O. The van der Waals surface area contributed by atoms with E-state index in [1.165, 1.54) is 18.2 Å². The second-order valence-electron chi connectivity index (χ2n) is 4.09. The van der Waals surface area contributed by atoms with Gasteiger partial charge in [-0.05, 0) is 36.4 Å². The van der Waals surface area contributed by atoms with Crippen LogP contribution in [0.1, 0.15) is 10.4 Å². The van der Waals surface area contributed by atoms with E-state index in [2.05, 4.69) is 26.6 Å². The summed E-state index contributed by atoms with van der Waals surface area (Å²) in [5.41, 5.74) is 0.297. The Morgan fingerprint density at radius 1 is 1.00 bits per heavy atom. The summed E-state index contributed by atoms with van der Waals surface area (Å²) in [5.74, 6) is -1.76. The summed E-state index contributed by atoms with van der Waals surface area (Å²) in [7, 11) is 0. The minimum atomic E-state index is -1.27. The quantitative estimate of drug-likeness (QED) is 0.636. The van der Waals surface area contributed by atoms with E-state index in [9.17, 15) is 14.7 Å². The minimum Gasteiger partial charge on any atom is -0.505 e. The number of hydrogen-bond donors (Lipinski definition) is 4. The Hall–Kier alpha value is -2.54. The molecule has 0 unspecified atom stereocenters. The van der Waals surface area contributed by atoms with Gasteiger partial charge in [0.05, 0.1) is 5.69 Å². The van der Waals surface area contributed by atoms with Crippen LogP contribution < -0.4 is 10.6 Å². The Labute approximate surface area is 128 Å². The first-order valence-corrected chi connectivity index (χ1v) is 6.65. The van der Waals surface area contributed by atoms with Crippen molar-refractivity contribution in [2.45, 2.75) is 0 Å². The third-order valence-corrected chi connectivity index (χ3v) is 3.15. The van der Waals surface area contributed by atoms with Gasteiger partial charge >= 0.3 is 12.0 Å². The Morgan fingerprint density at radius 2 is 1.67 bits per heavy atom. The lowest BCUT2D eigenvalue weighted by Gasteiger charge is -2.10. The first-order chi connectivity index (χ1) is 9.97. The van der Waals surface area contributed by atoms with E-state index >= 15 is 0 Å². The Bertz CT molecular complexity index is 686. The molecule has 0 bridgehead atoms. The van der Waals surface area contributed by atoms with Crippen LogP contribution in [-0.4, -0.2) is 22.2 Å². The number of phenols is 1. The lowest BCUT2D eigenvalue weighted by atomic mass is 10.1. The maximum Gasteiger partial charge on any atom is 0.339 e. The Balaban J connectivity index is 2.11. The molecule has 7 heteroatoms. The molecule has 0 atom stereocenters. The number of nitrogens with one attached hydrogen (secondary N) is 2. The number of aromatic hydroxyl groups is 1. The number of benzene rings is 2. The molecule has 0 saturated carbocycles. The van der Waals surface area contributed by atoms with Crippen LogP contribution in [0.5, 0.6) is 5.75 Å². The van der Waals surface area contributed by atoms with Crippen molar-refractivity contribution in [2.75, 3.05) is 10.6 Å². The number of para-hydroxylation sites is 1. The van der Waals surface area contributed by atoms with E-state index in [4.69, 9.17) is 5.11 Å². The van der Waals surface area contributed by atoms with Crippen molar-refractivity contribution in [3.8, 4) is 5.75 Å². The van der Waals surface area contributed by atoms with Crippen molar-refractivity contribution in [3.05, 3.63) is 52.5 Å². The first kappa shape index (κ1) is 14.9. The van der Waals surface area contributed by atoms with Crippen molar-refractivity contribution in [3.63, 3.8) is 0 Å². The number of anilines is 2. The van der Waals surface area contributed by atoms with Gasteiger partial charge in [-0.1, -0.05) is 22.0 Å². The molecule has 108 valence electrons. The summed E-state index contributed by atoms with van der Waals surface area (Å²) >= 11 is 3.28. The molecule has 0 heterocycles. The molecule has 0 aromatic heterocycles. The highest BCUT2D eigenvalue weighted by Gasteiger charge is 2.14. The highest BCUT2D eigenvalue weighted by Crippen LogP contribution is 2.27. The largest absolute Gasteiger partial charge is 0.505 e. The molecule has 2 amide bonds. The standard InChI is InChI=1S/C14H11BrN2O4/c15-8-4-6-9(7-5-8)16-14(21)17-11-3-1-2-10(12(11)18)13(19)20/h1-7,18H,(H,19,20)(H2,16,17,21). The molecule has 6 nitrogen and oxygen atoms in total. The predicted octanol–water partition coefficient (Wildman–Crippen LogP) is 3.50. The van der Waals surface area contributed by atoms with Crippen LogP contribution in [0, 0.1) is 0 Å². The van der Waals surface area contributed by atoms with Crippen molar-refractivity contribution in [2.24, 2.45) is 0 Å². The molecular weight excluding hydrogens is 340 g/mol. The van der Waals surface area contributed by atoms with Crippen molar-refractivity contribution in [1.29, 1.82) is 0 Å². The van der Waals surface area contributed by atoms with Gasteiger partial charge in [-0.15, -0.1) is 0 Å². The molecule has 0 radical (unpaired) electrons. The molecule has 2 rings (SSSR count). The smallest absolute Gasteiger partial charge is 0.339 e. The molecular formula is C14H11BrN2O4. The second-order valence-corrected chi connectivity index (χ2v) is 5.01. The minimum absolute atomic E-state index is 0.0181. The summed E-state index contributed by atoms with van der Waals surface area (Å²) < 4.78 is 0.875. The molecule has 21 heavy (non-hydrogen) atoms. The summed E-state index contributed by atoms with van der Waals surface area (Å²) in [6.45, 7) is 0. The number of carbonyl (C=O) groups is 2. The number of urea groups is 1. The summed E-state index contributed by atoms with van der Waals surface area (Å²) in [6, 6.07) is 10.4. The summed E-state index contributed by atoms with van der Waals surface area (Å²) in [4.78, 5) is 22.7. The Kier molecular flexibility index (Phi) is 4.44. The molecule has 0 aliphatic carbocycles. The predicted molar refractivity (Wildman–Crippen MR) is 81.8 cm³/mol. The van der Waals surface area contributed by atoms with E-state index in [1.54, 1.807) is 24.3 Å². The second kappa shape index (κ2) is 6.27. The molecule has 0 aliphatic heterocycles. The zero-order valence-corrected chi connectivity index (χ0v) is 12.2. The number of carbonyl (C=O) groups excluding carboxylic acids is 1. The lowest BCUT2D eigenvalue weighted by molar-refractivity contribution is 0.0694. The fraction of sp³-hybridized carbons (Fsp3) is 0. The average Bonchev–Trinajstić information content (AvgIpc) is 2.43. The summed E-state index contributed by atoms with van der Waals surface area (Å²) in [6.07, 6.45) is 0. The highest BCUT2D eigenvalue weighted by molar-refractivity contribution is 9.10. The molecule has 0 aliphatic rings. The van der Waals surface area contributed by atoms with E-state index in [0.717, 1.165) is 4.47 Å². The van der Waals surface area contributed by atoms with E-state index < -0.39 is 17.7 Å². The normalized spacial score (nSPS) is 9.95. The maximum atomic E-state index is 11.8. The molecule has 0 spiro atoms. The van der Waals surface area contributed by atoms with Crippen LogP contribution >= 0.6 is 15.9 Å². The third kappa shape index (κ3) is 3.73. The van der Waals surface area contributed by atoms with Gasteiger partial charge in [0.15, 0.2) is 5.75 Å². The van der Waals surface area contributed by atoms with Crippen molar-refractivity contribution >= 4 is 39.3 Å². The van der Waals surface area contributed by atoms with Crippen LogP contribution in [0.25, 0.3) is 0 Å². The molecule has 2 aromatic rings. The van der Waals surface area contributed by atoms with Crippen LogP contribution in [0.2, 0.25) is 0 Å². The van der Waals surface area contributed by atoms with Gasteiger partial charge in [-0.25, -0.2) is 9.59 Å². The Morgan fingerprint density at radius 3 is 2.29 bits per heavy atom. The van der Waals surface area contributed by atoms with E-state index in [0.29, 0.717) is 5.69 Å². The fourth-order valence-corrected chi connectivity index (χ4v) is 1.90.